The molecule has 0 amide bonds. The van der Waals surface area contributed by atoms with Gasteiger partial charge in [0.15, 0.2) is 5.65 Å². The summed E-state index contributed by atoms with van der Waals surface area (Å²) < 4.78 is 16.7. The van der Waals surface area contributed by atoms with Crippen molar-refractivity contribution >= 4 is 11.2 Å². The summed E-state index contributed by atoms with van der Waals surface area (Å²) in [5.41, 5.74) is 4.29. The first-order valence-electron chi connectivity index (χ1n) is 12.1. The van der Waals surface area contributed by atoms with Gasteiger partial charge < -0.3 is 10.1 Å². The van der Waals surface area contributed by atoms with Crippen molar-refractivity contribution in [2.45, 2.75) is 57.7 Å². The zero-order valence-electron chi connectivity index (χ0n) is 19.5. The number of pyridine rings is 1. The highest BCUT2D eigenvalue weighted by atomic mass is 19.1. The molecule has 4 aromatic rings. The van der Waals surface area contributed by atoms with Gasteiger partial charge in [0, 0.05) is 37.1 Å². The van der Waals surface area contributed by atoms with E-state index < -0.39 is 6.23 Å². The van der Waals surface area contributed by atoms with Gasteiger partial charge in [-0.15, -0.1) is 0 Å². The number of aromatic nitrogens is 5. The normalized spacial score (nSPS) is 15.4. The third-order valence-electron chi connectivity index (χ3n) is 6.83. The van der Waals surface area contributed by atoms with Crippen LogP contribution in [0.25, 0.3) is 33.7 Å². The summed E-state index contributed by atoms with van der Waals surface area (Å²) in [5.74, 6) is 1.19. The molecule has 1 aliphatic rings. The summed E-state index contributed by atoms with van der Waals surface area (Å²) in [4.78, 5) is 12.2. The second kappa shape index (κ2) is 10.0. The molecule has 8 heteroatoms. The van der Waals surface area contributed by atoms with E-state index in [9.17, 15) is 9.50 Å². The van der Waals surface area contributed by atoms with E-state index >= 15 is 0 Å². The number of benzene rings is 1. The summed E-state index contributed by atoms with van der Waals surface area (Å²) in [6.07, 6.45) is 12.9. The average Bonchev–Trinajstić information content (AvgIpc) is 3.58. The van der Waals surface area contributed by atoms with Crippen LogP contribution in [0.5, 0.6) is 0 Å². The number of aromatic amines is 1. The number of aryl methyl sites for hydroxylation is 1. The van der Waals surface area contributed by atoms with E-state index in [0.29, 0.717) is 23.5 Å². The van der Waals surface area contributed by atoms with Crippen LogP contribution in [0.1, 0.15) is 50.5 Å². The zero-order chi connectivity index (χ0) is 23.5. The van der Waals surface area contributed by atoms with E-state index in [4.69, 9.17) is 0 Å². The van der Waals surface area contributed by atoms with Gasteiger partial charge in [0.2, 0.25) is 0 Å². The van der Waals surface area contributed by atoms with Gasteiger partial charge in [-0.2, -0.15) is 5.10 Å². The lowest BCUT2D eigenvalue weighted by Crippen LogP contribution is -2.28. The predicted molar refractivity (Wildman–Crippen MR) is 130 cm³/mol. The Morgan fingerprint density at radius 1 is 1.24 bits per heavy atom. The molecule has 0 spiro atoms. The van der Waals surface area contributed by atoms with E-state index in [1.165, 1.54) is 38.2 Å². The van der Waals surface area contributed by atoms with E-state index in [-0.39, 0.29) is 12.4 Å². The van der Waals surface area contributed by atoms with Crippen LogP contribution in [-0.4, -0.2) is 36.1 Å². The number of hydrogen-bond donors (Lipinski definition) is 3. The van der Waals surface area contributed by atoms with Gasteiger partial charge in [0.1, 0.15) is 17.9 Å². The minimum atomic E-state index is -0.615. The smallest absolute Gasteiger partial charge is 0.178 e. The monoisotopic (exact) mass is 462 g/mol. The lowest BCUT2D eigenvalue weighted by atomic mass is 10.0. The number of rotatable bonds is 9. The van der Waals surface area contributed by atoms with Gasteiger partial charge in [-0.3, -0.25) is 10.00 Å². The van der Waals surface area contributed by atoms with Crippen LogP contribution in [0.2, 0.25) is 0 Å². The number of aliphatic hydroxyl groups excluding tert-OH is 1. The van der Waals surface area contributed by atoms with Gasteiger partial charge in [-0.25, -0.2) is 14.4 Å². The fourth-order valence-corrected chi connectivity index (χ4v) is 4.92. The first-order chi connectivity index (χ1) is 16.6. The number of imidazole rings is 1. The molecule has 0 saturated heterocycles. The molecule has 0 radical (unpaired) electrons. The molecule has 1 aliphatic carbocycles. The molecule has 5 rings (SSSR count). The molecule has 3 heterocycles. The van der Waals surface area contributed by atoms with Crippen LogP contribution < -0.4 is 5.32 Å². The Hall–Kier alpha value is -3.10. The molecule has 1 saturated carbocycles. The number of aliphatic hydroxyl groups is 1. The summed E-state index contributed by atoms with van der Waals surface area (Å²) in [7, 11) is 1.85. The Morgan fingerprint density at radius 3 is 2.85 bits per heavy atom. The molecule has 1 unspecified atom stereocenters. The van der Waals surface area contributed by atoms with Crippen LogP contribution in [0.15, 0.2) is 42.9 Å². The number of nitrogens with one attached hydrogen (secondary N) is 2. The number of fused-ring (bicyclic) bond motifs is 1. The molecule has 1 fully saturated rings. The topological polar surface area (TPSA) is 91.6 Å². The van der Waals surface area contributed by atoms with Crippen molar-refractivity contribution in [2.75, 3.05) is 0 Å². The Bertz CT molecular complexity index is 1260. The predicted octanol–water partition coefficient (Wildman–Crippen LogP) is 4.93. The minimum absolute atomic E-state index is 0.289. The van der Waals surface area contributed by atoms with Crippen molar-refractivity contribution in [3.63, 3.8) is 0 Å². The van der Waals surface area contributed by atoms with E-state index in [2.05, 4.69) is 25.4 Å². The third kappa shape index (κ3) is 5.03. The Morgan fingerprint density at radius 2 is 2.09 bits per heavy atom. The standard InChI is InChI=1S/C26H31FN6O/c1-33-16-20(15-30-33)25-31-24-21(11-12-28-26(24)32-25)18-9-10-19(22(27)13-18)14-29-23(34)8-4-7-17-5-2-3-6-17/h9-13,15-17,23,29,34H,2-8,14H2,1H3,(H,28,31,32). The van der Waals surface area contributed by atoms with Gasteiger partial charge in [-0.05, 0) is 36.5 Å². The van der Waals surface area contributed by atoms with Crippen LogP contribution in [-0.2, 0) is 13.6 Å². The fraction of sp³-hybridized carbons (Fsp3) is 0.423. The molecule has 0 aliphatic heterocycles. The number of halogens is 1. The maximum Gasteiger partial charge on any atom is 0.178 e. The number of nitrogens with zero attached hydrogens (tertiary/aromatic N) is 4. The molecule has 178 valence electrons. The highest BCUT2D eigenvalue weighted by Gasteiger charge is 2.16. The van der Waals surface area contributed by atoms with Gasteiger partial charge in [-0.1, -0.05) is 44.2 Å². The summed E-state index contributed by atoms with van der Waals surface area (Å²) in [5, 5.41) is 17.5. The molecular weight excluding hydrogens is 431 g/mol. The maximum atomic E-state index is 14.9. The first-order valence-corrected chi connectivity index (χ1v) is 12.1. The van der Waals surface area contributed by atoms with Crippen molar-refractivity contribution < 1.29 is 9.50 Å². The molecule has 1 aromatic carbocycles. The molecular formula is C26H31FN6O. The summed E-state index contributed by atoms with van der Waals surface area (Å²) in [6, 6.07) is 7.05. The third-order valence-corrected chi connectivity index (χ3v) is 6.83. The number of H-pyrrole nitrogens is 1. The summed E-state index contributed by atoms with van der Waals surface area (Å²) in [6.45, 7) is 0.289. The van der Waals surface area contributed by atoms with Crippen molar-refractivity contribution in [3.05, 3.63) is 54.2 Å². The average molecular weight is 463 g/mol. The molecule has 3 aromatic heterocycles. The highest BCUT2D eigenvalue weighted by Crippen LogP contribution is 2.30. The molecule has 1 atom stereocenters. The Kier molecular flexibility index (Phi) is 6.69. The van der Waals surface area contributed by atoms with E-state index in [1.54, 1.807) is 23.1 Å². The number of hydrogen-bond acceptors (Lipinski definition) is 5. The minimum Gasteiger partial charge on any atom is -0.379 e. The van der Waals surface area contributed by atoms with Crippen molar-refractivity contribution in [3.8, 4) is 22.5 Å². The lowest BCUT2D eigenvalue weighted by molar-refractivity contribution is 0.120. The first kappa shape index (κ1) is 22.7. The largest absolute Gasteiger partial charge is 0.379 e. The van der Waals surface area contributed by atoms with Crippen LogP contribution in [0.3, 0.4) is 0 Å². The van der Waals surface area contributed by atoms with Gasteiger partial charge >= 0.3 is 0 Å². The molecule has 0 bridgehead atoms. The van der Waals surface area contributed by atoms with E-state index in [0.717, 1.165) is 34.5 Å². The molecule has 7 nitrogen and oxygen atoms in total. The van der Waals surface area contributed by atoms with Crippen LogP contribution >= 0.6 is 0 Å². The lowest BCUT2D eigenvalue weighted by Gasteiger charge is -2.15. The van der Waals surface area contributed by atoms with Crippen LogP contribution in [0.4, 0.5) is 4.39 Å². The summed E-state index contributed by atoms with van der Waals surface area (Å²) >= 11 is 0. The van der Waals surface area contributed by atoms with Gasteiger partial charge in [0.05, 0.1) is 17.3 Å². The highest BCUT2D eigenvalue weighted by molar-refractivity contribution is 5.91. The maximum absolute atomic E-state index is 14.9. The van der Waals surface area contributed by atoms with Crippen molar-refractivity contribution in [1.29, 1.82) is 0 Å². The van der Waals surface area contributed by atoms with Crippen molar-refractivity contribution in [1.82, 2.24) is 30.0 Å². The van der Waals surface area contributed by atoms with E-state index in [1.807, 2.05) is 25.4 Å². The zero-order valence-corrected chi connectivity index (χ0v) is 19.5. The fourth-order valence-electron chi connectivity index (χ4n) is 4.92. The van der Waals surface area contributed by atoms with Crippen LogP contribution in [0, 0.1) is 11.7 Å². The second-order valence-corrected chi connectivity index (χ2v) is 9.33. The molecule has 34 heavy (non-hydrogen) atoms. The SMILES string of the molecule is Cn1cc(-c2nc3nccc(-c4ccc(CNC(O)CCCC5CCCC5)c(F)c4)c3[nH]2)cn1. The molecule has 3 N–H and O–H groups in total. The Labute approximate surface area is 198 Å². The van der Waals surface area contributed by atoms with Crippen molar-refractivity contribution in [2.24, 2.45) is 13.0 Å². The Balaban J connectivity index is 1.25. The second-order valence-electron chi connectivity index (χ2n) is 9.33. The quantitative estimate of drug-likeness (QED) is 0.307. The van der Waals surface area contributed by atoms with Gasteiger partial charge in [0.25, 0.3) is 0 Å².